The zero-order valence-corrected chi connectivity index (χ0v) is 19.0. The Morgan fingerprint density at radius 3 is 2.57 bits per heavy atom. The standard InChI is InChI=1S/C21H25ClN4O.HI/c1-2-23-21(25-15-17-5-3-6-18(22)13-17)24-14-16-8-10-19(11-9-16)26-12-4-7-20(26)27;/h3,5-6,8-11,13H,2,4,7,12,14-15H2,1H3,(H2,23,24,25);1H. The third kappa shape index (κ3) is 6.38. The lowest BCUT2D eigenvalue weighted by atomic mass is 10.2. The summed E-state index contributed by atoms with van der Waals surface area (Å²) < 4.78 is 0. The van der Waals surface area contributed by atoms with Crippen molar-refractivity contribution in [3.8, 4) is 0 Å². The van der Waals surface area contributed by atoms with Gasteiger partial charge in [0.15, 0.2) is 5.96 Å². The molecule has 1 aliphatic rings. The minimum Gasteiger partial charge on any atom is -0.357 e. The van der Waals surface area contributed by atoms with Gasteiger partial charge < -0.3 is 15.5 Å². The molecule has 2 N–H and O–H groups in total. The lowest BCUT2D eigenvalue weighted by Gasteiger charge is -2.16. The predicted octanol–water partition coefficient (Wildman–Crippen LogP) is 4.34. The number of hydrogen-bond donors (Lipinski definition) is 2. The van der Waals surface area contributed by atoms with E-state index < -0.39 is 0 Å². The van der Waals surface area contributed by atoms with Crippen molar-refractivity contribution in [2.45, 2.75) is 32.9 Å². The quantitative estimate of drug-likeness (QED) is 0.344. The molecule has 1 saturated heterocycles. The average Bonchev–Trinajstić information content (AvgIpc) is 3.10. The fraction of sp³-hybridized carbons (Fsp3) is 0.333. The Kier molecular flexibility index (Phi) is 9.05. The molecule has 1 aliphatic heterocycles. The number of amides is 1. The van der Waals surface area contributed by atoms with Gasteiger partial charge in [-0.05, 0) is 48.7 Å². The molecule has 5 nitrogen and oxygen atoms in total. The number of benzene rings is 2. The van der Waals surface area contributed by atoms with E-state index in [9.17, 15) is 4.79 Å². The Bertz CT molecular complexity index is 810. The molecule has 2 aromatic carbocycles. The zero-order chi connectivity index (χ0) is 19.1. The van der Waals surface area contributed by atoms with Crippen LogP contribution in [-0.4, -0.2) is 25.0 Å². The summed E-state index contributed by atoms with van der Waals surface area (Å²) in [5.41, 5.74) is 3.18. The van der Waals surface area contributed by atoms with Gasteiger partial charge in [0.1, 0.15) is 0 Å². The number of carbonyl (C=O) groups is 1. The molecule has 3 rings (SSSR count). The van der Waals surface area contributed by atoms with E-state index in [-0.39, 0.29) is 29.9 Å². The van der Waals surface area contributed by atoms with E-state index in [2.05, 4.69) is 27.8 Å². The second-order valence-electron chi connectivity index (χ2n) is 6.49. The van der Waals surface area contributed by atoms with Crippen molar-refractivity contribution in [2.24, 2.45) is 4.99 Å². The van der Waals surface area contributed by atoms with E-state index in [1.54, 1.807) is 0 Å². The van der Waals surface area contributed by atoms with Crippen LogP contribution in [0.25, 0.3) is 0 Å². The van der Waals surface area contributed by atoms with Gasteiger partial charge in [-0.2, -0.15) is 0 Å². The van der Waals surface area contributed by atoms with Crippen molar-refractivity contribution >= 4 is 53.1 Å². The molecule has 1 fully saturated rings. The van der Waals surface area contributed by atoms with E-state index in [4.69, 9.17) is 11.6 Å². The maximum atomic E-state index is 11.8. The van der Waals surface area contributed by atoms with E-state index in [0.29, 0.717) is 19.5 Å². The van der Waals surface area contributed by atoms with E-state index in [1.165, 1.54) is 0 Å². The summed E-state index contributed by atoms with van der Waals surface area (Å²) in [6.45, 7) is 4.87. The number of hydrogen-bond acceptors (Lipinski definition) is 2. The lowest BCUT2D eigenvalue weighted by molar-refractivity contribution is -0.117. The molecule has 0 aliphatic carbocycles. The zero-order valence-electron chi connectivity index (χ0n) is 16.0. The molecule has 150 valence electrons. The molecule has 1 heterocycles. The van der Waals surface area contributed by atoms with Gasteiger partial charge in [-0.25, -0.2) is 4.99 Å². The van der Waals surface area contributed by atoms with Crippen molar-refractivity contribution in [1.29, 1.82) is 0 Å². The van der Waals surface area contributed by atoms with Gasteiger partial charge in [0.05, 0.1) is 6.54 Å². The summed E-state index contributed by atoms with van der Waals surface area (Å²) in [4.78, 5) is 18.3. The summed E-state index contributed by atoms with van der Waals surface area (Å²) in [6, 6.07) is 15.8. The van der Waals surface area contributed by atoms with Crippen molar-refractivity contribution in [1.82, 2.24) is 10.6 Å². The Hall–Kier alpha value is -1.80. The SMILES string of the molecule is CCNC(=NCc1cccc(Cl)c1)NCc1ccc(N2CCCC2=O)cc1.I. The van der Waals surface area contributed by atoms with Crippen LogP contribution < -0.4 is 15.5 Å². The minimum absolute atomic E-state index is 0. The summed E-state index contributed by atoms with van der Waals surface area (Å²) >= 11 is 6.03. The highest BCUT2D eigenvalue weighted by atomic mass is 127. The summed E-state index contributed by atoms with van der Waals surface area (Å²) in [5.74, 6) is 0.972. The van der Waals surface area contributed by atoms with Gasteiger partial charge in [-0.15, -0.1) is 24.0 Å². The molecule has 0 aromatic heterocycles. The molecule has 0 atom stereocenters. The number of nitrogens with one attached hydrogen (secondary N) is 2. The number of anilines is 1. The first-order valence-electron chi connectivity index (χ1n) is 9.31. The molecule has 2 aromatic rings. The summed E-state index contributed by atoms with van der Waals surface area (Å²) in [6.07, 6.45) is 1.59. The summed E-state index contributed by atoms with van der Waals surface area (Å²) in [5, 5.41) is 7.32. The van der Waals surface area contributed by atoms with E-state index in [1.807, 2.05) is 48.2 Å². The summed E-state index contributed by atoms with van der Waals surface area (Å²) in [7, 11) is 0. The molecule has 7 heteroatoms. The van der Waals surface area contributed by atoms with Crippen LogP contribution in [0.5, 0.6) is 0 Å². The predicted molar refractivity (Wildman–Crippen MR) is 127 cm³/mol. The molecule has 0 spiro atoms. The Morgan fingerprint density at radius 2 is 1.93 bits per heavy atom. The second kappa shape index (κ2) is 11.3. The normalized spacial score (nSPS) is 14.0. The van der Waals surface area contributed by atoms with Crippen molar-refractivity contribution in [3.63, 3.8) is 0 Å². The first-order valence-corrected chi connectivity index (χ1v) is 9.69. The average molecular weight is 513 g/mol. The van der Waals surface area contributed by atoms with Crippen LogP contribution in [0.2, 0.25) is 5.02 Å². The lowest BCUT2D eigenvalue weighted by Crippen LogP contribution is -2.36. The number of halogens is 2. The topological polar surface area (TPSA) is 56.7 Å². The Balaban J connectivity index is 0.00000280. The second-order valence-corrected chi connectivity index (χ2v) is 6.93. The highest BCUT2D eigenvalue weighted by Gasteiger charge is 2.21. The largest absolute Gasteiger partial charge is 0.357 e. The smallest absolute Gasteiger partial charge is 0.227 e. The van der Waals surface area contributed by atoms with Crippen LogP contribution in [0.15, 0.2) is 53.5 Å². The molecule has 1 amide bonds. The molecule has 0 unspecified atom stereocenters. The van der Waals surface area contributed by atoms with Crippen LogP contribution >= 0.6 is 35.6 Å². The van der Waals surface area contributed by atoms with Gasteiger partial charge in [0.2, 0.25) is 5.91 Å². The molecule has 0 radical (unpaired) electrons. The highest BCUT2D eigenvalue weighted by Crippen LogP contribution is 2.21. The van der Waals surface area contributed by atoms with Gasteiger partial charge in [-0.3, -0.25) is 4.79 Å². The number of carbonyl (C=O) groups excluding carboxylic acids is 1. The van der Waals surface area contributed by atoms with Crippen LogP contribution in [-0.2, 0) is 17.9 Å². The van der Waals surface area contributed by atoms with E-state index >= 15 is 0 Å². The van der Waals surface area contributed by atoms with Gasteiger partial charge >= 0.3 is 0 Å². The molecular formula is C21H26ClIN4O. The van der Waals surface area contributed by atoms with Gasteiger partial charge in [0.25, 0.3) is 0 Å². The Labute approximate surface area is 188 Å². The molecule has 0 bridgehead atoms. The number of rotatable bonds is 6. The van der Waals surface area contributed by atoms with Gasteiger partial charge in [0, 0.05) is 36.8 Å². The Morgan fingerprint density at radius 1 is 1.14 bits per heavy atom. The first kappa shape index (κ1) is 22.5. The maximum Gasteiger partial charge on any atom is 0.227 e. The fourth-order valence-electron chi connectivity index (χ4n) is 3.05. The monoisotopic (exact) mass is 512 g/mol. The third-order valence-electron chi connectivity index (χ3n) is 4.43. The van der Waals surface area contributed by atoms with Crippen molar-refractivity contribution < 1.29 is 4.79 Å². The minimum atomic E-state index is 0. The first-order chi connectivity index (χ1) is 13.2. The van der Waals surface area contributed by atoms with Crippen LogP contribution in [0, 0.1) is 0 Å². The molecule has 28 heavy (non-hydrogen) atoms. The van der Waals surface area contributed by atoms with Crippen LogP contribution in [0.1, 0.15) is 30.9 Å². The van der Waals surface area contributed by atoms with Crippen molar-refractivity contribution in [3.05, 3.63) is 64.7 Å². The third-order valence-corrected chi connectivity index (χ3v) is 4.67. The maximum absolute atomic E-state index is 11.8. The highest BCUT2D eigenvalue weighted by molar-refractivity contribution is 14.0. The molecule has 0 saturated carbocycles. The molecular weight excluding hydrogens is 487 g/mol. The van der Waals surface area contributed by atoms with Gasteiger partial charge in [-0.1, -0.05) is 35.9 Å². The van der Waals surface area contributed by atoms with Crippen molar-refractivity contribution in [2.75, 3.05) is 18.0 Å². The van der Waals surface area contributed by atoms with Crippen LogP contribution in [0.4, 0.5) is 5.69 Å². The van der Waals surface area contributed by atoms with E-state index in [0.717, 1.165) is 47.3 Å². The number of aliphatic imine (C=N–C) groups is 1. The number of nitrogens with zero attached hydrogens (tertiary/aromatic N) is 2. The number of guanidine groups is 1. The fourth-order valence-corrected chi connectivity index (χ4v) is 3.26. The van der Waals surface area contributed by atoms with Crippen LogP contribution in [0.3, 0.4) is 0 Å².